The van der Waals surface area contributed by atoms with E-state index in [4.69, 9.17) is 0 Å². The fourth-order valence-electron chi connectivity index (χ4n) is 2.01. The molecule has 0 fully saturated rings. The van der Waals surface area contributed by atoms with Crippen molar-refractivity contribution >= 4 is 17.2 Å². The molecule has 1 aromatic carbocycles. The fourth-order valence-corrected chi connectivity index (χ4v) is 2.89. The fraction of sp³-hybridized carbons (Fsp3) is 0.200. The SMILES string of the molecule is Cc1nc(CNC(=O)c2cccc(-n3cnnc3)c2)sc1C. The molecule has 2 heterocycles. The van der Waals surface area contributed by atoms with Gasteiger partial charge in [-0.25, -0.2) is 4.98 Å². The van der Waals surface area contributed by atoms with Crippen LogP contribution in [0.15, 0.2) is 36.9 Å². The van der Waals surface area contributed by atoms with E-state index in [0.717, 1.165) is 16.4 Å². The van der Waals surface area contributed by atoms with E-state index in [1.807, 2.05) is 26.0 Å². The van der Waals surface area contributed by atoms with E-state index in [9.17, 15) is 4.79 Å². The average Bonchev–Trinajstić information content (AvgIpc) is 3.16. The van der Waals surface area contributed by atoms with Crippen LogP contribution in [0, 0.1) is 13.8 Å². The minimum absolute atomic E-state index is 0.125. The minimum Gasteiger partial charge on any atom is -0.346 e. The number of nitrogens with one attached hydrogen (secondary N) is 1. The lowest BCUT2D eigenvalue weighted by Gasteiger charge is -2.06. The predicted molar refractivity (Wildman–Crippen MR) is 84.1 cm³/mol. The van der Waals surface area contributed by atoms with E-state index in [1.54, 1.807) is 40.7 Å². The zero-order chi connectivity index (χ0) is 15.5. The van der Waals surface area contributed by atoms with E-state index < -0.39 is 0 Å². The number of rotatable bonds is 4. The molecule has 3 aromatic rings. The van der Waals surface area contributed by atoms with Crippen LogP contribution in [0.25, 0.3) is 5.69 Å². The number of carbonyl (C=O) groups excluding carboxylic acids is 1. The number of aryl methyl sites for hydroxylation is 2. The number of hydrogen-bond acceptors (Lipinski definition) is 5. The summed E-state index contributed by atoms with van der Waals surface area (Å²) in [5.41, 5.74) is 2.46. The molecule has 112 valence electrons. The minimum atomic E-state index is -0.125. The highest BCUT2D eigenvalue weighted by atomic mass is 32.1. The molecule has 6 nitrogen and oxygen atoms in total. The van der Waals surface area contributed by atoms with Crippen molar-refractivity contribution in [2.24, 2.45) is 0 Å². The first-order chi connectivity index (χ1) is 10.6. The van der Waals surface area contributed by atoms with E-state index >= 15 is 0 Å². The summed E-state index contributed by atoms with van der Waals surface area (Å²) in [6.45, 7) is 4.44. The molecule has 0 spiro atoms. The van der Waals surface area contributed by atoms with Gasteiger partial charge in [0.05, 0.1) is 12.2 Å². The summed E-state index contributed by atoms with van der Waals surface area (Å²) in [5, 5.41) is 11.3. The first-order valence-corrected chi connectivity index (χ1v) is 7.61. The third-order valence-electron chi connectivity index (χ3n) is 3.30. The summed E-state index contributed by atoms with van der Waals surface area (Å²) in [6.07, 6.45) is 3.19. The van der Waals surface area contributed by atoms with Crippen molar-refractivity contribution in [2.75, 3.05) is 0 Å². The quantitative estimate of drug-likeness (QED) is 0.802. The van der Waals surface area contributed by atoms with Gasteiger partial charge in [0.2, 0.25) is 0 Å². The molecule has 2 aromatic heterocycles. The van der Waals surface area contributed by atoms with Crippen LogP contribution in [-0.4, -0.2) is 25.7 Å². The lowest BCUT2D eigenvalue weighted by Crippen LogP contribution is -2.22. The molecule has 7 heteroatoms. The Morgan fingerprint density at radius 3 is 2.73 bits per heavy atom. The molecular weight excluding hydrogens is 298 g/mol. The van der Waals surface area contributed by atoms with Gasteiger partial charge in [0, 0.05) is 16.1 Å². The van der Waals surface area contributed by atoms with Gasteiger partial charge >= 0.3 is 0 Å². The van der Waals surface area contributed by atoms with E-state index in [0.29, 0.717) is 12.1 Å². The van der Waals surface area contributed by atoms with Crippen LogP contribution < -0.4 is 5.32 Å². The van der Waals surface area contributed by atoms with E-state index in [1.165, 1.54) is 4.88 Å². The Kier molecular flexibility index (Phi) is 3.97. The Morgan fingerprint density at radius 1 is 1.27 bits per heavy atom. The van der Waals surface area contributed by atoms with Crippen molar-refractivity contribution < 1.29 is 4.79 Å². The van der Waals surface area contributed by atoms with Gasteiger partial charge in [0.25, 0.3) is 5.91 Å². The van der Waals surface area contributed by atoms with Crippen molar-refractivity contribution in [3.63, 3.8) is 0 Å². The van der Waals surface area contributed by atoms with Gasteiger partial charge in [-0.15, -0.1) is 21.5 Å². The standard InChI is InChI=1S/C15H15N5OS/c1-10-11(2)22-14(19-10)7-16-15(21)12-4-3-5-13(6-12)20-8-17-18-9-20/h3-6,8-9H,7H2,1-2H3,(H,16,21). The maximum Gasteiger partial charge on any atom is 0.251 e. The van der Waals surface area contributed by atoms with Crippen LogP contribution >= 0.6 is 11.3 Å². The van der Waals surface area contributed by atoms with Crippen molar-refractivity contribution in [3.8, 4) is 5.69 Å². The molecule has 1 amide bonds. The Balaban J connectivity index is 1.71. The second kappa shape index (κ2) is 6.07. The van der Waals surface area contributed by atoms with E-state index in [-0.39, 0.29) is 5.91 Å². The average molecular weight is 313 g/mol. The van der Waals surface area contributed by atoms with Gasteiger partial charge in [0.15, 0.2) is 0 Å². The number of benzene rings is 1. The van der Waals surface area contributed by atoms with Crippen molar-refractivity contribution in [1.29, 1.82) is 0 Å². The highest BCUT2D eigenvalue weighted by molar-refractivity contribution is 7.11. The van der Waals surface area contributed by atoms with Crippen molar-refractivity contribution in [1.82, 2.24) is 25.1 Å². The molecule has 3 rings (SSSR count). The zero-order valence-electron chi connectivity index (χ0n) is 12.3. The van der Waals surface area contributed by atoms with Gasteiger partial charge < -0.3 is 5.32 Å². The van der Waals surface area contributed by atoms with Gasteiger partial charge in [-0.3, -0.25) is 9.36 Å². The third-order valence-corrected chi connectivity index (χ3v) is 4.37. The van der Waals surface area contributed by atoms with Crippen molar-refractivity contribution in [3.05, 3.63) is 58.1 Å². The smallest absolute Gasteiger partial charge is 0.251 e. The molecule has 0 aliphatic carbocycles. The molecule has 22 heavy (non-hydrogen) atoms. The van der Waals surface area contributed by atoms with Crippen LogP contribution in [0.4, 0.5) is 0 Å². The zero-order valence-corrected chi connectivity index (χ0v) is 13.1. The summed E-state index contributed by atoms with van der Waals surface area (Å²) in [5.74, 6) is -0.125. The first kappa shape index (κ1) is 14.4. The molecule has 0 radical (unpaired) electrons. The van der Waals surface area contributed by atoms with Crippen LogP contribution in [0.1, 0.15) is 25.9 Å². The van der Waals surface area contributed by atoms with Crippen LogP contribution in [0.5, 0.6) is 0 Å². The monoisotopic (exact) mass is 313 g/mol. The number of aromatic nitrogens is 4. The summed E-state index contributed by atoms with van der Waals surface area (Å²) < 4.78 is 1.75. The van der Waals surface area contributed by atoms with Crippen molar-refractivity contribution in [2.45, 2.75) is 20.4 Å². The second-order valence-electron chi connectivity index (χ2n) is 4.85. The van der Waals surface area contributed by atoms with E-state index in [2.05, 4.69) is 20.5 Å². The Labute approximate surface area is 131 Å². The molecule has 0 bridgehead atoms. The number of hydrogen-bond donors (Lipinski definition) is 1. The highest BCUT2D eigenvalue weighted by Gasteiger charge is 2.09. The maximum atomic E-state index is 12.3. The maximum absolute atomic E-state index is 12.3. The van der Waals surface area contributed by atoms with Gasteiger partial charge in [-0.05, 0) is 32.0 Å². The summed E-state index contributed by atoms with van der Waals surface area (Å²) in [6, 6.07) is 7.31. The molecule has 0 saturated carbocycles. The summed E-state index contributed by atoms with van der Waals surface area (Å²) >= 11 is 1.61. The second-order valence-corrected chi connectivity index (χ2v) is 6.14. The molecular formula is C15H15N5OS. The molecule has 0 unspecified atom stereocenters. The molecule has 1 N–H and O–H groups in total. The largest absolute Gasteiger partial charge is 0.346 e. The first-order valence-electron chi connectivity index (χ1n) is 6.79. The molecule has 0 saturated heterocycles. The van der Waals surface area contributed by atoms with Crippen LogP contribution in [0.2, 0.25) is 0 Å². The third kappa shape index (κ3) is 3.04. The molecule has 0 aliphatic rings. The number of carbonyl (C=O) groups is 1. The van der Waals surface area contributed by atoms with Crippen LogP contribution in [-0.2, 0) is 6.54 Å². The Hall–Kier alpha value is -2.54. The van der Waals surface area contributed by atoms with Gasteiger partial charge in [-0.2, -0.15) is 0 Å². The topological polar surface area (TPSA) is 72.7 Å². The van der Waals surface area contributed by atoms with Crippen LogP contribution in [0.3, 0.4) is 0 Å². The number of nitrogens with zero attached hydrogens (tertiary/aromatic N) is 4. The lowest BCUT2D eigenvalue weighted by molar-refractivity contribution is 0.0951. The normalized spacial score (nSPS) is 10.6. The van der Waals surface area contributed by atoms with Gasteiger partial charge in [-0.1, -0.05) is 6.07 Å². The predicted octanol–water partition coefficient (Wildman–Crippen LogP) is 2.27. The Bertz CT molecular complexity index is 775. The summed E-state index contributed by atoms with van der Waals surface area (Å²) in [7, 11) is 0. The Morgan fingerprint density at radius 2 is 2.05 bits per heavy atom. The molecule has 0 atom stereocenters. The highest BCUT2D eigenvalue weighted by Crippen LogP contribution is 2.16. The summed E-state index contributed by atoms with van der Waals surface area (Å²) in [4.78, 5) is 17.9. The number of amides is 1. The molecule has 0 aliphatic heterocycles. The number of thiazole rings is 1. The van der Waals surface area contributed by atoms with Gasteiger partial charge in [0.1, 0.15) is 17.7 Å². The lowest BCUT2D eigenvalue weighted by atomic mass is 10.2.